The lowest BCUT2D eigenvalue weighted by Crippen LogP contribution is -2.09. The minimum Gasteiger partial charge on any atom is -0.497 e. The van der Waals surface area contributed by atoms with Gasteiger partial charge in [0.25, 0.3) is 0 Å². The van der Waals surface area contributed by atoms with E-state index in [2.05, 4.69) is 0 Å². The van der Waals surface area contributed by atoms with Gasteiger partial charge < -0.3 is 14.2 Å². The van der Waals surface area contributed by atoms with Gasteiger partial charge in [-0.2, -0.15) is 0 Å². The topological polar surface area (TPSA) is 44.8 Å². The van der Waals surface area contributed by atoms with Gasteiger partial charge in [0.15, 0.2) is 6.29 Å². The summed E-state index contributed by atoms with van der Waals surface area (Å²) in [5.41, 5.74) is 0.526. The van der Waals surface area contributed by atoms with E-state index in [1.807, 2.05) is 0 Å². The molecule has 0 aliphatic heterocycles. The second-order valence-electron chi connectivity index (χ2n) is 4.39. The SMILES string of the molecule is COc1ccc(C=O)c(OCCOCC2CC2)c1. The molecule has 4 nitrogen and oxygen atoms in total. The van der Waals surface area contributed by atoms with Gasteiger partial charge in [-0.25, -0.2) is 0 Å². The molecule has 1 fully saturated rings. The third kappa shape index (κ3) is 3.74. The standard InChI is InChI=1S/C14H18O4/c1-16-13-5-4-12(9-15)14(8-13)18-7-6-17-10-11-2-3-11/h4-5,8-9,11H,2-3,6-7,10H2,1H3. The smallest absolute Gasteiger partial charge is 0.153 e. The molecule has 98 valence electrons. The van der Waals surface area contributed by atoms with Crippen LogP contribution in [0.15, 0.2) is 18.2 Å². The quantitative estimate of drug-likeness (QED) is 0.524. The number of carbonyl (C=O) groups excluding carboxylic acids is 1. The Morgan fingerprint density at radius 1 is 1.33 bits per heavy atom. The van der Waals surface area contributed by atoms with Gasteiger partial charge in [0.1, 0.15) is 18.1 Å². The molecule has 1 saturated carbocycles. The fraction of sp³-hybridized carbons (Fsp3) is 0.500. The monoisotopic (exact) mass is 250 g/mol. The first-order chi connectivity index (χ1) is 8.83. The van der Waals surface area contributed by atoms with Crippen LogP contribution in [-0.2, 0) is 4.74 Å². The molecule has 0 spiro atoms. The Labute approximate surface area is 107 Å². The molecule has 4 heteroatoms. The zero-order chi connectivity index (χ0) is 12.8. The molecule has 0 heterocycles. The summed E-state index contributed by atoms with van der Waals surface area (Å²) in [7, 11) is 1.58. The van der Waals surface area contributed by atoms with Crippen molar-refractivity contribution in [2.75, 3.05) is 26.9 Å². The Balaban J connectivity index is 1.80. The predicted octanol–water partition coefficient (Wildman–Crippen LogP) is 2.31. The Hall–Kier alpha value is -1.55. The highest BCUT2D eigenvalue weighted by molar-refractivity contribution is 5.79. The van der Waals surface area contributed by atoms with Crippen LogP contribution in [0.4, 0.5) is 0 Å². The summed E-state index contributed by atoms with van der Waals surface area (Å²) >= 11 is 0. The highest BCUT2D eigenvalue weighted by Gasteiger charge is 2.20. The minimum atomic E-state index is 0.445. The third-order valence-corrected chi connectivity index (χ3v) is 2.88. The number of rotatable bonds is 8. The average molecular weight is 250 g/mol. The van der Waals surface area contributed by atoms with Crippen LogP contribution in [0.5, 0.6) is 11.5 Å². The summed E-state index contributed by atoms with van der Waals surface area (Å²) in [4.78, 5) is 10.9. The van der Waals surface area contributed by atoms with Crippen LogP contribution in [-0.4, -0.2) is 33.2 Å². The number of ether oxygens (including phenoxy) is 3. The zero-order valence-electron chi connectivity index (χ0n) is 10.6. The summed E-state index contributed by atoms with van der Waals surface area (Å²) in [5, 5.41) is 0. The van der Waals surface area contributed by atoms with E-state index in [0.29, 0.717) is 30.3 Å². The maximum absolute atomic E-state index is 10.9. The molecule has 1 aliphatic rings. The van der Waals surface area contributed by atoms with Crippen LogP contribution in [0.2, 0.25) is 0 Å². The van der Waals surface area contributed by atoms with Crippen molar-refractivity contribution >= 4 is 6.29 Å². The Morgan fingerprint density at radius 3 is 2.83 bits per heavy atom. The summed E-state index contributed by atoms with van der Waals surface area (Å²) in [6.07, 6.45) is 3.35. The van der Waals surface area contributed by atoms with E-state index in [-0.39, 0.29) is 0 Å². The van der Waals surface area contributed by atoms with E-state index < -0.39 is 0 Å². The highest BCUT2D eigenvalue weighted by atomic mass is 16.5. The maximum Gasteiger partial charge on any atom is 0.153 e. The van der Waals surface area contributed by atoms with Crippen molar-refractivity contribution in [1.82, 2.24) is 0 Å². The number of carbonyl (C=O) groups is 1. The summed E-state index contributed by atoms with van der Waals surface area (Å²) in [5.74, 6) is 1.97. The molecule has 0 unspecified atom stereocenters. The lowest BCUT2D eigenvalue weighted by Gasteiger charge is -2.10. The largest absolute Gasteiger partial charge is 0.497 e. The number of methoxy groups -OCH3 is 1. The molecular weight excluding hydrogens is 232 g/mol. The normalized spacial score (nSPS) is 14.3. The first-order valence-electron chi connectivity index (χ1n) is 6.17. The van der Waals surface area contributed by atoms with Crippen molar-refractivity contribution in [1.29, 1.82) is 0 Å². The van der Waals surface area contributed by atoms with Crippen LogP contribution in [0.1, 0.15) is 23.2 Å². The third-order valence-electron chi connectivity index (χ3n) is 2.88. The molecule has 1 aliphatic carbocycles. The van der Waals surface area contributed by atoms with Crippen molar-refractivity contribution in [3.63, 3.8) is 0 Å². The summed E-state index contributed by atoms with van der Waals surface area (Å²) in [6.45, 7) is 1.81. The average Bonchev–Trinajstić information content (AvgIpc) is 3.22. The fourth-order valence-electron chi connectivity index (χ4n) is 1.61. The molecule has 18 heavy (non-hydrogen) atoms. The molecular formula is C14H18O4. The molecule has 0 aromatic heterocycles. The molecule has 0 atom stereocenters. The summed E-state index contributed by atoms with van der Waals surface area (Å²) in [6, 6.07) is 5.14. The molecule has 0 N–H and O–H groups in total. The molecule has 0 radical (unpaired) electrons. The lowest BCUT2D eigenvalue weighted by molar-refractivity contribution is 0.0918. The molecule has 1 aromatic rings. The van der Waals surface area contributed by atoms with Gasteiger partial charge in [-0.1, -0.05) is 0 Å². The van der Waals surface area contributed by atoms with Crippen molar-refractivity contribution in [2.24, 2.45) is 5.92 Å². The molecule has 1 aromatic carbocycles. The Bertz CT molecular complexity index is 399. The highest BCUT2D eigenvalue weighted by Crippen LogP contribution is 2.28. The van der Waals surface area contributed by atoms with E-state index in [4.69, 9.17) is 14.2 Å². The Kier molecular flexibility index (Phi) is 4.59. The first kappa shape index (κ1) is 12.9. The Morgan fingerprint density at radius 2 is 2.17 bits per heavy atom. The predicted molar refractivity (Wildman–Crippen MR) is 67.4 cm³/mol. The van der Waals surface area contributed by atoms with Crippen molar-refractivity contribution in [3.8, 4) is 11.5 Å². The van der Waals surface area contributed by atoms with Crippen LogP contribution in [0.25, 0.3) is 0 Å². The maximum atomic E-state index is 10.9. The summed E-state index contributed by atoms with van der Waals surface area (Å²) < 4.78 is 16.1. The van der Waals surface area contributed by atoms with Gasteiger partial charge in [0, 0.05) is 12.7 Å². The van der Waals surface area contributed by atoms with E-state index in [9.17, 15) is 4.79 Å². The van der Waals surface area contributed by atoms with E-state index in [1.54, 1.807) is 25.3 Å². The van der Waals surface area contributed by atoms with Crippen LogP contribution >= 0.6 is 0 Å². The first-order valence-corrected chi connectivity index (χ1v) is 6.17. The number of benzene rings is 1. The second kappa shape index (κ2) is 6.40. The van der Waals surface area contributed by atoms with Gasteiger partial charge in [0.05, 0.1) is 19.3 Å². The van der Waals surface area contributed by atoms with Crippen LogP contribution in [0.3, 0.4) is 0 Å². The fourth-order valence-corrected chi connectivity index (χ4v) is 1.61. The van der Waals surface area contributed by atoms with E-state index in [0.717, 1.165) is 18.8 Å². The van der Waals surface area contributed by atoms with Gasteiger partial charge in [-0.15, -0.1) is 0 Å². The number of hydrogen-bond donors (Lipinski definition) is 0. The minimum absolute atomic E-state index is 0.445. The van der Waals surface area contributed by atoms with Crippen molar-refractivity contribution in [3.05, 3.63) is 23.8 Å². The van der Waals surface area contributed by atoms with E-state index in [1.165, 1.54) is 12.8 Å². The van der Waals surface area contributed by atoms with Gasteiger partial charge >= 0.3 is 0 Å². The number of aldehydes is 1. The number of hydrogen-bond acceptors (Lipinski definition) is 4. The van der Waals surface area contributed by atoms with Crippen LogP contribution in [0, 0.1) is 5.92 Å². The second-order valence-corrected chi connectivity index (χ2v) is 4.39. The van der Waals surface area contributed by atoms with Gasteiger partial charge in [0.2, 0.25) is 0 Å². The van der Waals surface area contributed by atoms with Crippen molar-refractivity contribution < 1.29 is 19.0 Å². The lowest BCUT2D eigenvalue weighted by atomic mass is 10.2. The van der Waals surface area contributed by atoms with Crippen molar-refractivity contribution in [2.45, 2.75) is 12.8 Å². The zero-order valence-corrected chi connectivity index (χ0v) is 10.6. The van der Waals surface area contributed by atoms with Crippen LogP contribution < -0.4 is 9.47 Å². The molecule has 2 rings (SSSR count). The van der Waals surface area contributed by atoms with Gasteiger partial charge in [-0.3, -0.25) is 4.79 Å². The van der Waals surface area contributed by atoms with Gasteiger partial charge in [-0.05, 0) is 30.9 Å². The molecule has 0 saturated heterocycles. The van der Waals surface area contributed by atoms with E-state index >= 15 is 0 Å². The molecule has 0 amide bonds. The molecule has 0 bridgehead atoms.